The van der Waals surface area contributed by atoms with Crippen LogP contribution in [0.3, 0.4) is 0 Å². The smallest absolute Gasteiger partial charge is 0.264 e. The van der Waals surface area contributed by atoms with Gasteiger partial charge < -0.3 is 10.2 Å². The van der Waals surface area contributed by atoms with Crippen LogP contribution in [0.15, 0.2) is 113 Å². The van der Waals surface area contributed by atoms with Crippen molar-refractivity contribution in [2.75, 3.05) is 23.7 Å². The number of carbonyl (C=O) groups excluding carboxylic acids is 2. The molecule has 4 aromatic carbocycles. The number of benzene rings is 4. The zero-order chi connectivity index (χ0) is 33.1. The number of amides is 2. The summed E-state index contributed by atoms with van der Waals surface area (Å²) in [5, 5.41) is 3.55. The fourth-order valence-corrected chi connectivity index (χ4v) is 6.91. The number of nitrogens with zero attached hydrogens (tertiary/aromatic N) is 2. The van der Waals surface area contributed by atoms with Crippen molar-refractivity contribution < 1.29 is 18.0 Å². The molecule has 7 nitrogen and oxygen atoms in total. The second-order valence-electron chi connectivity index (χ2n) is 11.0. The van der Waals surface area contributed by atoms with Crippen LogP contribution in [-0.2, 0) is 32.6 Å². The highest BCUT2D eigenvalue weighted by Gasteiger charge is 2.34. The number of anilines is 1. The summed E-state index contributed by atoms with van der Waals surface area (Å²) >= 11 is 7.67. The highest BCUT2D eigenvalue weighted by atomic mass is 35.5. The Morgan fingerprint density at radius 2 is 1.52 bits per heavy atom. The maximum Gasteiger partial charge on any atom is 0.264 e. The van der Waals surface area contributed by atoms with Gasteiger partial charge in [-0.1, -0.05) is 85.1 Å². The zero-order valence-electron chi connectivity index (χ0n) is 26.4. The van der Waals surface area contributed by atoms with Gasteiger partial charge in [0.05, 0.1) is 10.6 Å². The standard InChI is InChI=1S/C36H40ClN3O4S2/c1-4-5-23-38-36(42)34(24-28-9-7-6-8-10-28)39(25-29-13-15-30(37)16-14-29)35(41)26-40(31-17-11-27(2)12-18-31)46(43,44)33-21-19-32(45-3)20-22-33/h6-22,34H,4-5,23-26H2,1-3H3,(H,38,42). The number of aryl methyl sites for hydroxylation is 1. The molecule has 0 radical (unpaired) electrons. The van der Waals surface area contributed by atoms with Gasteiger partial charge in [0.15, 0.2) is 0 Å². The predicted octanol–water partition coefficient (Wildman–Crippen LogP) is 7.12. The maximum absolute atomic E-state index is 14.5. The first-order valence-electron chi connectivity index (χ1n) is 15.2. The second kappa shape index (κ2) is 16.7. The van der Waals surface area contributed by atoms with Crippen LogP contribution < -0.4 is 9.62 Å². The lowest BCUT2D eigenvalue weighted by atomic mass is 10.0. The molecule has 2 amide bonds. The van der Waals surface area contributed by atoms with Crippen LogP contribution in [-0.4, -0.2) is 50.5 Å². The van der Waals surface area contributed by atoms with Crippen LogP contribution in [0.1, 0.15) is 36.5 Å². The Morgan fingerprint density at radius 1 is 0.870 bits per heavy atom. The zero-order valence-corrected chi connectivity index (χ0v) is 28.7. The quantitative estimate of drug-likeness (QED) is 0.107. The van der Waals surface area contributed by atoms with Crippen LogP contribution in [0.5, 0.6) is 0 Å². The number of sulfonamides is 1. The number of nitrogens with one attached hydrogen (secondary N) is 1. The summed E-state index contributed by atoms with van der Waals surface area (Å²) in [6.07, 6.45) is 3.87. The molecule has 46 heavy (non-hydrogen) atoms. The summed E-state index contributed by atoms with van der Waals surface area (Å²) in [5.41, 5.74) is 2.94. The van der Waals surface area contributed by atoms with Gasteiger partial charge in [-0.2, -0.15) is 0 Å². The predicted molar refractivity (Wildman–Crippen MR) is 188 cm³/mol. The number of rotatable bonds is 15. The molecular weight excluding hydrogens is 638 g/mol. The van der Waals surface area contributed by atoms with E-state index < -0.39 is 28.5 Å². The largest absolute Gasteiger partial charge is 0.354 e. The summed E-state index contributed by atoms with van der Waals surface area (Å²) in [6.45, 7) is 4.00. The van der Waals surface area contributed by atoms with E-state index in [1.807, 2.05) is 62.6 Å². The third-order valence-corrected chi connectivity index (χ3v) is 10.4. The van der Waals surface area contributed by atoms with Gasteiger partial charge in [0, 0.05) is 29.4 Å². The maximum atomic E-state index is 14.5. The molecule has 0 aliphatic heterocycles. The van der Waals surface area contributed by atoms with Crippen LogP contribution in [0.4, 0.5) is 5.69 Å². The van der Waals surface area contributed by atoms with Crippen molar-refractivity contribution in [3.8, 4) is 0 Å². The number of thioether (sulfide) groups is 1. The highest BCUT2D eigenvalue weighted by molar-refractivity contribution is 7.98. The molecule has 0 aromatic heterocycles. The van der Waals surface area contributed by atoms with Crippen molar-refractivity contribution in [1.29, 1.82) is 0 Å². The van der Waals surface area contributed by atoms with Gasteiger partial charge in [-0.05, 0) is 79.3 Å². The number of halogens is 1. The molecule has 1 N–H and O–H groups in total. The lowest BCUT2D eigenvalue weighted by Crippen LogP contribution is -2.53. The lowest BCUT2D eigenvalue weighted by Gasteiger charge is -2.34. The van der Waals surface area contributed by atoms with Crippen molar-refractivity contribution in [2.45, 2.75) is 55.5 Å². The van der Waals surface area contributed by atoms with E-state index in [9.17, 15) is 18.0 Å². The number of unbranched alkanes of at least 4 members (excludes halogenated alkanes) is 1. The Balaban J connectivity index is 1.78. The molecule has 1 atom stereocenters. The molecule has 4 aromatic rings. The molecule has 0 bridgehead atoms. The summed E-state index contributed by atoms with van der Waals surface area (Å²) < 4.78 is 29.5. The first kappa shape index (κ1) is 35.1. The molecule has 4 rings (SSSR count). The molecule has 0 heterocycles. The fourth-order valence-electron chi connectivity index (χ4n) is 4.96. The molecule has 0 saturated carbocycles. The van der Waals surface area contributed by atoms with Gasteiger partial charge in [0.25, 0.3) is 10.0 Å². The first-order chi connectivity index (χ1) is 22.1. The minimum atomic E-state index is -4.16. The third-order valence-electron chi connectivity index (χ3n) is 7.62. The van der Waals surface area contributed by atoms with E-state index in [0.29, 0.717) is 17.3 Å². The monoisotopic (exact) mass is 677 g/mol. The summed E-state index contributed by atoms with van der Waals surface area (Å²) in [4.78, 5) is 30.8. The normalized spacial score (nSPS) is 11.9. The van der Waals surface area contributed by atoms with Gasteiger partial charge >= 0.3 is 0 Å². The van der Waals surface area contributed by atoms with E-state index in [2.05, 4.69) is 5.32 Å². The van der Waals surface area contributed by atoms with Crippen LogP contribution in [0, 0.1) is 6.92 Å². The number of carbonyl (C=O) groups is 2. The average Bonchev–Trinajstić information content (AvgIpc) is 3.07. The summed E-state index contributed by atoms with van der Waals surface area (Å²) in [7, 11) is -4.16. The van der Waals surface area contributed by atoms with E-state index in [1.54, 1.807) is 60.7 Å². The molecular formula is C36H40ClN3O4S2. The molecule has 1 unspecified atom stereocenters. The summed E-state index contributed by atoms with van der Waals surface area (Å²) in [6, 6.07) is 29.3. The van der Waals surface area contributed by atoms with Crippen molar-refractivity contribution in [3.05, 3.63) is 125 Å². The van der Waals surface area contributed by atoms with Gasteiger partial charge in [-0.3, -0.25) is 13.9 Å². The Bertz CT molecular complexity index is 1680. The third kappa shape index (κ3) is 9.37. The van der Waals surface area contributed by atoms with Gasteiger partial charge in [-0.15, -0.1) is 11.8 Å². The average molecular weight is 678 g/mol. The van der Waals surface area contributed by atoms with Crippen molar-refractivity contribution in [2.24, 2.45) is 0 Å². The molecule has 0 saturated heterocycles. The Labute approximate surface area is 282 Å². The van der Waals surface area contributed by atoms with Crippen molar-refractivity contribution in [3.63, 3.8) is 0 Å². The molecule has 242 valence electrons. The van der Waals surface area contributed by atoms with E-state index >= 15 is 0 Å². The van der Waals surface area contributed by atoms with Crippen molar-refractivity contribution >= 4 is 50.9 Å². The van der Waals surface area contributed by atoms with Crippen molar-refractivity contribution in [1.82, 2.24) is 10.2 Å². The van der Waals surface area contributed by atoms with E-state index in [0.717, 1.165) is 38.7 Å². The first-order valence-corrected chi connectivity index (χ1v) is 18.3. The lowest BCUT2D eigenvalue weighted by molar-refractivity contribution is -0.140. The Hall–Kier alpha value is -3.79. The molecule has 0 aliphatic carbocycles. The number of hydrogen-bond acceptors (Lipinski definition) is 5. The van der Waals surface area contributed by atoms with E-state index in [-0.39, 0.29) is 23.8 Å². The van der Waals surface area contributed by atoms with Gasteiger partial charge in [0.1, 0.15) is 12.6 Å². The Kier molecular flexibility index (Phi) is 12.7. The minimum Gasteiger partial charge on any atom is -0.354 e. The minimum absolute atomic E-state index is 0.0704. The van der Waals surface area contributed by atoms with Gasteiger partial charge in [0.2, 0.25) is 11.8 Å². The van der Waals surface area contributed by atoms with E-state index in [4.69, 9.17) is 11.6 Å². The molecule has 0 aliphatic rings. The molecule has 10 heteroatoms. The highest BCUT2D eigenvalue weighted by Crippen LogP contribution is 2.27. The second-order valence-corrected chi connectivity index (χ2v) is 14.2. The Morgan fingerprint density at radius 3 is 2.13 bits per heavy atom. The summed E-state index contributed by atoms with van der Waals surface area (Å²) in [5.74, 6) is -0.802. The molecule has 0 spiro atoms. The van der Waals surface area contributed by atoms with Crippen LogP contribution in [0.2, 0.25) is 5.02 Å². The van der Waals surface area contributed by atoms with Crippen LogP contribution in [0.25, 0.3) is 0 Å². The van der Waals surface area contributed by atoms with Crippen LogP contribution >= 0.6 is 23.4 Å². The SMILES string of the molecule is CCCCNC(=O)C(Cc1ccccc1)N(Cc1ccc(Cl)cc1)C(=O)CN(c1ccc(C)cc1)S(=O)(=O)c1ccc(SC)cc1. The molecule has 0 fully saturated rings. The fraction of sp³-hybridized carbons (Fsp3) is 0.278. The topological polar surface area (TPSA) is 86.8 Å². The van der Waals surface area contributed by atoms with E-state index in [1.165, 1.54) is 16.7 Å². The van der Waals surface area contributed by atoms with Gasteiger partial charge in [-0.25, -0.2) is 8.42 Å². The number of hydrogen-bond donors (Lipinski definition) is 1.